The summed E-state index contributed by atoms with van der Waals surface area (Å²) in [6.45, 7) is 12.0. The molecule has 5 unspecified atom stereocenters. The van der Waals surface area contributed by atoms with E-state index in [9.17, 15) is 9.90 Å². The van der Waals surface area contributed by atoms with Crippen LogP contribution in [0, 0.1) is 17.3 Å². The van der Waals surface area contributed by atoms with Crippen LogP contribution in [0.5, 0.6) is 0 Å². The largest absolute Gasteiger partial charge is 0.386 e. The van der Waals surface area contributed by atoms with E-state index < -0.39 is 5.60 Å². The molecule has 1 N–H and O–H groups in total. The zero-order valence-corrected chi connectivity index (χ0v) is 14.9. The Balaban J connectivity index is 1.76. The molecule has 1 heterocycles. The van der Waals surface area contributed by atoms with Crippen molar-refractivity contribution >= 4 is 5.78 Å². The number of fused-ring (bicyclic) bond motifs is 2. The van der Waals surface area contributed by atoms with Crippen molar-refractivity contribution in [2.24, 2.45) is 17.3 Å². The van der Waals surface area contributed by atoms with E-state index in [4.69, 9.17) is 4.74 Å². The molecule has 3 nitrogen and oxygen atoms in total. The predicted molar refractivity (Wildman–Crippen MR) is 91.0 cm³/mol. The van der Waals surface area contributed by atoms with Crippen LogP contribution in [0.3, 0.4) is 0 Å². The number of ketones is 1. The van der Waals surface area contributed by atoms with E-state index in [1.807, 2.05) is 0 Å². The number of aliphatic hydroxyl groups is 1. The van der Waals surface area contributed by atoms with Gasteiger partial charge >= 0.3 is 0 Å². The molecule has 3 aliphatic rings. The molecule has 2 saturated carbocycles. The summed E-state index contributed by atoms with van der Waals surface area (Å²) in [5.41, 5.74) is 0.0594. The zero-order chi connectivity index (χ0) is 17.0. The first-order valence-corrected chi connectivity index (χ1v) is 8.87. The highest BCUT2D eigenvalue weighted by molar-refractivity contribution is 5.95. The first-order valence-electron chi connectivity index (χ1n) is 8.87. The van der Waals surface area contributed by atoms with Gasteiger partial charge < -0.3 is 9.84 Å². The predicted octanol–water partition coefficient (Wildman–Crippen LogP) is 3.81. The molecule has 3 heteroatoms. The molecule has 0 radical (unpaired) electrons. The van der Waals surface area contributed by atoms with Gasteiger partial charge in [-0.1, -0.05) is 25.2 Å². The minimum absolute atomic E-state index is 0.0254. The maximum Gasteiger partial charge on any atom is 0.161 e. The van der Waals surface area contributed by atoms with Crippen molar-refractivity contribution in [1.29, 1.82) is 0 Å². The van der Waals surface area contributed by atoms with Crippen molar-refractivity contribution in [2.45, 2.75) is 77.1 Å². The molecule has 1 aliphatic heterocycles. The summed E-state index contributed by atoms with van der Waals surface area (Å²) in [7, 11) is 0. The Kier molecular flexibility index (Phi) is 3.89. The second-order valence-electron chi connectivity index (χ2n) is 8.84. The highest BCUT2D eigenvalue weighted by Gasteiger charge is 2.58. The van der Waals surface area contributed by atoms with Gasteiger partial charge in [0.05, 0.1) is 17.3 Å². The Labute approximate surface area is 139 Å². The van der Waals surface area contributed by atoms with E-state index in [0.717, 1.165) is 32.1 Å². The summed E-state index contributed by atoms with van der Waals surface area (Å²) in [4.78, 5) is 12.8. The van der Waals surface area contributed by atoms with Crippen molar-refractivity contribution < 1.29 is 14.6 Å². The maximum absolute atomic E-state index is 12.8. The second-order valence-corrected chi connectivity index (χ2v) is 8.84. The van der Waals surface area contributed by atoms with E-state index in [1.165, 1.54) is 5.57 Å². The van der Waals surface area contributed by atoms with Crippen molar-refractivity contribution in [3.63, 3.8) is 0 Å². The Morgan fingerprint density at radius 1 is 1.39 bits per heavy atom. The van der Waals surface area contributed by atoms with E-state index in [2.05, 4.69) is 20.4 Å². The van der Waals surface area contributed by atoms with Crippen LogP contribution in [0.4, 0.5) is 0 Å². The van der Waals surface area contributed by atoms with Gasteiger partial charge in [0.25, 0.3) is 0 Å². The van der Waals surface area contributed by atoms with Crippen molar-refractivity contribution in [1.82, 2.24) is 0 Å². The molecule has 5 atom stereocenters. The van der Waals surface area contributed by atoms with E-state index in [-0.39, 0.29) is 16.8 Å². The third-order valence-electron chi connectivity index (χ3n) is 6.39. The van der Waals surface area contributed by atoms with Crippen LogP contribution in [-0.4, -0.2) is 28.2 Å². The van der Waals surface area contributed by atoms with Gasteiger partial charge in [0, 0.05) is 5.41 Å². The third kappa shape index (κ3) is 3.06. The van der Waals surface area contributed by atoms with Crippen LogP contribution < -0.4 is 0 Å². The summed E-state index contributed by atoms with van der Waals surface area (Å²) in [6, 6.07) is 0. The first kappa shape index (κ1) is 16.9. The number of allylic oxidation sites excluding steroid dienone is 2. The maximum atomic E-state index is 12.8. The van der Waals surface area contributed by atoms with Crippen LogP contribution in [0.1, 0.15) is 59.8 Å². The third-order valence-corrected chi connectivity index (χ3v) is 6.39. The Morgan fingerprint density at radius 3 is 2.74 bits per heavy atom. The van der Waals surface area contributed by atoms with Gasteiger partial charge in [-0.2, -0.15) is 0 Å². The Bertz CT molecular complexity index is 556. The lowest BCUT2D eigenvalue weighted by Gasteiger charge is -2.53. The summed E-state index contributed by atoms with van der Waals surface area (Å²) in [5.74, 6) is 0.973. The number of carbonyl (C=O) groups excluding carboxylic acids is 1. The molecule has 2 aliphatic carbocycles. The molecule has 3 fully saturated rings. The molecular formula is C20H30O3. The second kappa shape index (κ2) is 5.29. The summed E-state index contributed by atoms with van der Waals surface area (Å²) in [5, 5.41) is 9.82. The number of hydrogen-bond acceptors (Lipinski definition) is 3. The fourth-order valence-corrected chi connectivity index (χ4v) is 4.56. The van der Waals surface area contributed by atoms with Gasteiger partial charge in [-0.15, -0.1) is 0 Å². The van der Waals surface area contributed by atoms with Crippen LogP contribution in [0.2, 0.25) is 0 Å². The molecular weight excluding hydrogens is 288 g/mol. The molecule has 128 valence electrons. The Hall–Kier alpha value is -0.930. The normalized spacial score (nSPS) is 43.7. The molecule has 1 saturated heterocycles. The number of carbonyl (C=O) groups is 1. The Morgan fingerprint density at radius 2 is 2.09 bits per heavy atom. The highest BCUT2D eigenvalue weighted by Crippen LogP contribution is 2.60. The van der Waals surface area contributed by atoms with Crippen molar-refractivity contribution in [2.75, 3.05) is 0 Å². The van der Waals surface area contributed by atoms with Crippen LogP contribution >= 0.6 is 0 Å². The van der Waals surface area contributed by atoms with Gasteiger partial charge in [0.15, 0.2) is 5.78 Å². The fraction of sp³-hybridized carbons (Fsp3) is 0.750. The molecule has 0 bridgehead atoms. The fourth-order valence-electron chi connectivity index (χ4n) is 4.56. The number of rotatable bonds is 3. The molecule has 0 aromatic rings. The lowest BCUT2D eigenvalue weighted by Crippen LogP contribution is -2.51. The minimum Gasteiger partial charge on any atom is -0.386 e. The minimum atomic E-state index is -0.945. The van der Waals surface area contributed by atoms with Crippen LogP contribution in [0.15, 0.2) is 24.3 Å². The lowest BCUT2D eigenvalue weighted by molar-refractivity contribution is -0.137. The van der Waals surface area contributed by atoms with Gasteiger partial charge in [0.2, 0.25) is 0 Å². The summed E-state index contributed by atoms with van der Waals surface area (Å²) in [6.07, 6.45) is 8.62. The average molecular weight is 318 g/mol. The quantitative estimate of drug-likeness (QED) is 0.489. The van der Waals surface area contributed by atoms with Crippen molar-refractivity contribution in [3.8, 4) is 0 Å². The average Bonchev–Trinajstić information content (AvgIpc) is 3.08. The molecule has 0 aromatic carbocycles. The SMILES string of the molecule is C=C1CCC2OC2(C)CCC2C1CC2(C)C(=O)C=CC(C)(C)O. The monoisotopic (exact) mass is 318 g/mol. The van der Waals surface area contributed by atoms with Gasteiger partial charge in [-0.05, 0) is 70.8 Å². The van der Waals surface area contributed by atoms with E-state index in [0.29, 0.717) is 17.9 Å². The molecule has 0 aromatic heterocycles. The number of epoxide rings is 1. The molecule has 0 spiro atoms. The molecule has 3 rings (SSSR count). The standard InChI is InChI=1S/C20H30O3/c1-13-6-7-17-20(5,23-17)11-8-15-14(13)12-19(15,4)16(21)9-10-18(2,3)22/h9-10,14-15,17,22H,1,6-8,11-12H2,2-5H3. The lowest BCUT2D eigenvalue weighted by atomic mass is 9.49. The van der Waals surface area contributed by atoms with Crippen LogP contribution in [0.25, 0.3) is 0 Å². The van der Waals surface area contributed by atoms with Crippen molar-refractivity contribution in [3.05, 3.63) is 24.3 Å². The summed E-state index contributed by atoms with van der Waals surface area (Å²) >= 11 is 0. The first-order chi connectivity index (χ1) is 10.6. The van der Waals surface area contributed by atoms with Gasteiger partial charge in [-0.3, -0.25) is 4.79 Å². The van der Waals surface area contributed by atoms with E-state index >= 15 is 0 Å². The number of ether oxygens (including phenoxy) is 1. The number of hydrogen-bond donors (Lipinski definition) is 1. The summed E-state index contributed by atoms with van der Waals surface area (Å²) < 4.78 is 5.88. The van der Waals surface area contributed by atoms with Gasteiger partial charge in [-0.25, -0.2) is 0 Å². The topological polar surface area (TPSA) is 49.8 Å². The molecule has 0 amide bonds. The van der Waals surface area contributed by atoms with Crippen LogP contribution in [-0.2, 0) is 9.53 Å². The zero-order valence-electron chi connectivity index (χ0n) is 14.9. The van der Waals surface area contributed by atoms with Gasteiger partial charge in [0.1, 0.15) is 0 Å². The highest BCUT2D eigenvalue weighted by atomic mass is 16.6. The molecule has 23 heavy (non-hydrogen) atoms. The van der Waals surface area contributed by atoms with E-state index in [1.54, 1.807) is 26.0 Å². The smallest absolute Gasteiger partial charge is 0.161 e.